The van der Waals surface area contributed by atoms with Crippen molar-refractivity contribution >= 4 is 5.71 Å². The van der Waals surface area contributed by atoms with Crippen LogP contribution in [0.1, 0.15) is 46.0 Å². The minimum Gasteiger partial charge on any atom is -0.411 e. The van der Waals surface area contributed by atoms with E-state index in [2.05, 4.69) is 19.0 Å². The van der Waals surface area contributed by atoms with E-state index in [1.54, 1.807) is 0 Å². The van der Waals surface area contributed by atoms with E-state index in [0.717, 1.165) is 30.4 Å². The van der Waals surface area contributed by atoms with E-state index in [-0.39, 0.29) is 0 Å². The van der Waals surface area contributed by atoms with E-state index < -0.39 is 0 Å². The number of oxime groups is 1. The Morgan fingerprint density at radius 2 is 2.15 bits per heavy atom. The fraction of sp³-hybridized carbons (Fsp3) is 0.909. The Bertz CT molecular complexity index is 232. The zero-order valence-corrected chi connectivity index (χ0v) is 8.58. The summed E-state index contributed by atoms with van der Waals surface area (Å²) >= 11 is 0. The molecule has 74 valence electrons. The van der Waals surface area contributed by atoms with E-state index >= 15 is 0 Å². The summed E-state index contributed by atoms with van der Waals surface area (Å²) in [5.74, 6) is 1.57. The topological polar surface area (TPSA) is 32.6 Å². The number of hydrogen-bond donors (Lipinski definition) is 1. The molecule has 2 unspecified atom stereocenters. The first-order valence-electron chi connectivity index (χ1n) is 5.33. The lowest BCUT2D eigenvalue weighted by molar-refractivity contribution is 0.0991. The van der Waals surface area contributed by atoms with Gasteiger partial charge in [0.1, 0.15) is 0 Å². The van der Waals surface area contributed by atoms with Gasteiger partial charge in [0.25, 0.3) is 0 Å². The van der Waals surface area contributed by atoms with Gasteiger partial charge in [-0.3, -0.25) is 0 Å². The number of rotatable bonds is 0. The first kappa shape index (κ1) is 9.04. The van der Waals surface area contributed by atoms with Crippen molar-refractivity contribution in [2.24, 2.45) is 22.4 Å². The average molecular weight is 181 g/mol. The maximum atomic E-state index is 8.77. The molecule has 0 spiro atoms. The lowest BCUT2D eigenvalue weighted by atomic mass is 9.65. The lowest BCUT2D eigenvalue weighted by Crippen LogP contribution is -2.31. The molecule has 2 aliphatic rings. The van der Waals surface area contributed by atoms with Crippen LogP contribution in [-0.4, -0.2) is 10.9 Å². The van der Waals surface area contributed by atoms with Crippen LogP contribution in [0.4, 0.5) is 0 Å². The summed E-state index contributed by atoms with van der Waals surface area (Å²) in [6.45, 7) is 4.73. The van der Waals surface area contributed by atoms with Gasteiger partial charge in [0.05, 0.1) is 5.71 Å². The second kappa shape index (κ2) is 3.00. The van der Waals surface area contributed by atoms with Gasteiger partial charge in [0, 0.05) is 0 Å². The molecular weight excluding hydrogens is 162 g/mol. The predicted octanol–water partition coefficient (Wildman–Crippen LogP) is 3.05. The van der Waals surface area contributed by atoms with Gasteiger partial charge in [-0.1, -0.05) is 25.4 Å². The number of fused-ring (bicyclic) bond motifs is 1. The Morgan fingerprint density at radius 3 is 2.77 bits per heavy atom. The summed E-state index contributed by atoms with van der Waals surface area (Å²) in [6, 6.07) is 0. The standard InChI is InChI=1S/C11H19NO/c1-11(2)5-3-4-8-6-9(12-13)7-10(8)11/h8,10,13H,3-7H2,1-2H3/b12-9-. The first-order chi connectivity index (χ1) is 6.13. The van der Waals surface area contributed by atoms with Gasteiger partial charge >= 0.3 is 0 Å². The van der Waals surface area contributed by atoms with Crippen molar-refractivity contribution in [3.05, 3.63) is 0 Å². The quantitative estimate of drug-likeness (QED) is 0.452. The highest BCUT2D eigenvalue weighted by Gasteiger charge is 2.43. The third-order valence-electron chi connectivity index (χ3n) is 4.06. The van der Waals surface area contributed by atoms with Crippen LogP contribution in [-0.2, 0) is 0 Å². The Kier molecular flexibility index (Phi) is 2.09. The molecule has 0 aromatic carbocycles. The SMILES string of the molecule is CC1(C)CCCC2C/C(=N/O)CC21. The molecule has 2 saturated carbocycles. The summed E-state index contributed by atoms with van der Waals surface area (Å²) in [6.07, 6.45) is 6.12. The molecule has 2 nitrogen and oxygen atoms in total. The van der Waals surface area contributed by atoms with Crippen LogP contribution in [0.25, 0.3) is 0 Å². The molecule has 1 N–H and O–H groups in total. The van der Waals surface area contributed by atoms with Crippen molar-refractivity contribution in [2.45, 2.75) is 46.0 Å². The Hall–Kier alpha value is -0.530. The van der Waals surface area contributed by atoms with Crippen LogP contribution in [0.5, 0.6) is 0 Å². The van der Waals surface area contributed by atoms with Crippen LogP contribution in [0, 0.1) is 17.3 Å². The fourth-order valence-electron chi connectivity index (χ4n) is 3.25. The molecule has 2 aliphatic carbocycles. The van der Waals surface area contributed by atoms with Gasteiger partial charge in [-0.25, -0.2) is 0 Å². The van der Waals surface area contributed by atoms with Gasteiger partial charge in [0.15, 0.2) is 0 Å². The maximum Gasteiger partial charge on any atom is 0.0576 e. The predicted molar refractivity (Wildman–Crippen MR) is 53.1 cm³/mol. The van der Waals surface area contributed by atoms with Crippen molar-refractivity contribution in [3.8, 4) is 0 Å². The summed E-state index contributed by atoms with van der Waals surface area (Å²) in [7, 11) is 0. The second-order valence-electron chi connectivity index (χ2n) is 5.32. The molecule has 0 radical (unpaired) electrons. The van der Waals surface area contributed by atoms with Crippen LogP contribution < -0.4 is 0 Å². The fourth-order valence-corrected chi connectivity index (χ4v) is 3.25. The van der Waals surface area contributed by atoms with Crippen molar-refractivity contribution in [3.63, 3.8) is 0 Å². The van der Waals surface area contributed by atoms with Crippen molar-refractivity contribution in [2.75, 3.05) is 0 Å². The smallest absolute Gasteiger partial charge is 0.0576 e. The zero-order chi connectivity index (χ0) is 9.47. The molecule has 2 rings (SSSR count). The van der Waals surface area contributed by atoms with Crippen LogP contribution >= 0.6 is 0 Å². The summed E-state index contributed by atoms with van der Waals surface area (Å²) in [5.41, 5.74) is 1.50. The molecule has 0 saturated heterocycles. The Labute approximate surface area is 80.0 Å². The lowest BCUT2D eigenvalue weighted by Gasteiger charge is -2.40. The van der Waals surface area contributed by atoms with E-state index in [4.69, 9.17) is 5.21 Å². The molecular formula is C11H19NO. The van der Waals surface area contributed by atoms with Crippen molar-refractivity contribution in [1.29, 1.82) is 0 Å². The third kappa shape index (κ3) is 1.47. The van der Waals surface area contributed by atoms with Crippen LogP contribution in [0.2, 0.25) is 0 Å². The van der Waals surface area contributed by atoms with Gasteiger partial charge < -0.3 is 5.21 Å². The van der Waals surface area contributed by atoms with Crippen LogP contribution in [0.15, 0.2) is 5.16 Å². The summed E-state index contributed by atoms with van der Waals surface area (Å²) in [4.78, 5) is 0. The summed E-state index contributed by atoms with van der Waals surface area (Å²) in [5, 5.41) is 12.2. The molecule has 0 aromatic rings. The Balaban J connectivity index is 2.17. The minimum absolute atomic E-state index is 0.468. The largest absolute Gasteiger partial charge is 0.411 e. The minimum atomic E-state index is 0.468. The van der Waals surface area contributed by atoms with E-state index in [1.165, 1.54) is 19.3 Å². The second-order valence-corrected chi connectivity index (χ2v) is 5.32. The van der Waals surface area contributed by atoms with Gasteiger partial charge in [-0.05, 0) is 42.9 Å². The molecule has 2 atom stereocenters. The van der Waals surface area contributed by atoms with E-state index in [9.17, 15) is 0 Å². The van der Waals surface area contributed by atoms with E-state index in [1.807, 2.05) is 0 Å². The third-order valence-corrected chi connectivity index (χ3v) is 4.06. The highest BCUT2D eigenvalue weighted by atomic mass is 16.4. The molecule has 0 heterocycles. The molecule has 2 heteroatoms. The highest BCUT2D eigenvalue weighted by molar-refractivity contribution is 5.86. The molecule has 0 bridgehead atoms. The molecule has 13 heavy (non-hydrogen) atoms. The number of nitrogens with zero attached hydrogens (tertiary/aromatic N) is 1. The summed E-state index contributed by atoms with van der Waals surface area (Å²) < 4.78 is 0. The van der Waals surface area contributed by atoms with Gasteiger partial charge in [-0.15, -0.1) is 0 Å². The molecule has 0 amide bonds. The zero-order valence-electron chi connectivity index (χ0n) is 8.58. The first-order valence-corrected chi connectivity index (χ1v) is 5.33. The van der Waals surface area contributed by atoms with Crippen molar-refractivity contribution < 1.29 is 5.21 Å². The highest BCUT2D eigenvalue weighted by Crippen LogP contribution is 2.50. The molecule has 2 fully saturated rings. The molecule has 0 aliphatic heterocycles. The van der Waals surface area contributed by atoms with E-state index in [0.29, 0.717) is 5.41 Å². The number of hydrogen-bond acceptors (Lipinski definition) is 2. The van der Waals surface area contributed by atoms with Crippen molar-refractivity contribution in [1.82, 2.24) is 0 Å². The van der Waals surface area contributed by atoms with Crippen LogP contribution in [0.3, 0.4) is 0 Å². The monoisotopic (exact) mass is 181 g/mol. The maximum absolute atomic E-state index is 8.77. The van der Waals surface area contributed by atoms with Gasteiger partial charge in [-0.2, -0.15) is 0 Å². The normalized spacial score (nSPS) is 40.6. The molecule has 0 aromatic heterocycles. The van der Waals surface area contributed by atoms with Gasteiger partial charge in [0.2, 0.25) is 0 Å². The average Bonchev–Trinajstić information content (AvgIpc) is 2.48. The Morgan fingerprint density at radius 1 is 1.38 bits per heavy atom.